The molecule has 0 heteroatoms. The van der Waals surface area contributed by atoms with Crippen molar-refractivity contribution < 1.29 is 0 Å². The van der Waals surface area contributed by atoms with Crippen molar-refractivity contribution in [2.75, 3.05) is 0 Å². The molecule has 4 fully saturated rings. The van der Waals surface area contributed by atoms with E-state index in [1.165, 1.54) is 109 Å². The Morgan fingerprint density at radius 1 is 0.756 bits per heavy atom. The molecule has 4 rings (SSSR count). The number of hydrogen-bond acceptors (Lipinski definition) is 0. The standard InChI is InChI=1S/C37H66.C2H6.C2H4/c1-11-19-34-22-18-31-35(13-3)23-17-30(29(8)26-28(6)7)33(35,10)24-25-36(31,14-4)37(34,15-5)21-16-20-32(9,12-2)27-34;2*1-2/h28,30-31H,8,11-27H2,1-7,9-10H3;1-2H3;1-2H2/t30-,31+,32-,33-,34?,35+,36+,37?;;/m1../s1. The molecular weight excluding hydrogens is 492 g/mol. The van der Waals surface area contributed by atoms with Crippen LogP contribution in [-0.4, -0.2) is 0 Å². The summed E-state index contributed by atoms with van der Waals surface area (Å²) in [5.41, 5.74) is 4.77. The van der Waals surface area contributed by atoms with Crippen LogP contribution in [0.25, 0.3) is 0 Å². The summed E-state index contributed by atoms with van der Waals surface area (Å²) >= 11 is 0. The van der Waals surface area contributed by atoms with Crippen molar-refractivity contribution in [1.82, 2.24) is 0 Å². The smallest absolute Gasteiger partial charge is 0.0146 e. The van der Waals surface area contributed by atoms with E-state index >= 15 is 0 Å². The van der Waals surface area contributed by atoms with Crippen molar-refractivity contribution >= 4 is 0 Å². The minimum Gasteiger partial charge on any atom is -0.106 e. The summed E-state index contributed by atoms with van der Waals surface area (Å²) in [6.45, 7) is 37.9. The van der Waals surface area contributed by atoms with E-state index in [9.17, 15) is 0 Å². The lowest BCUT2D eigenvalue weighted by molar-refractivity contribution is -0.256. The summed E-state index contributed by atoms with van der Waals surface area (Å²) in [4.78, 5) is 0. The fourth-order valence-corrected chi connectivity index (χ4v) is 13.4. The van der Waals surface area contributed by atoms with Crippen molar-refractivity contribution in [2.45, 2.75) is 185 Å². The Bertz CT molecular complexity index is 837. The molecular formula is C41H76. The van der Waals surface area contributed by atoms with E-state index in [4.69, 9.17) is 6.58 Å². The van der Waals surface area contributed by atoms with Crippen LogP contribution in [0.3, 0.4) is 0 Å². The second-order valence-corrected chi connectivity index (χ2v) is 16.0. The molecule has 0 aromatic carbocycles. The Morgan fingerprint density at radius 2 is 1.39 bits per heavy atom. The van der Waals surface area contributed by atoms with E-state index in [2.05, 4.69) is 75.5 Å². The van der Waals surface area contributed by atoms with Gasteiger partial charge in [0.05, 0.1) is 0 Å². The van der Waals surface area contributed by atoms with Gasteiger partial charge in [0.1, 0.15) is 0 Å². The third-order valence-electron chi connectivity index (χ3n) is 14.8. The molecule has 0 bridgehead atoms. The molecule has 0 N–H and O–H groups in total. The molecule has 4 saturated carbocycles. The van der Waals surface area contributed by atoms with Crippen LogP contribution in [0.4, 0.5) is 0 Å². The normalized spacial score (nSPS) is 43.3. The lowest BCUT2D eigenvalue weighted by Gasteiger charge is -2.74. The molecule has 0 aromatic heterocycles. The molecule has 4 aliphatic carbocycles. The van der Waals surface area contributed by atoms with E-state index in [0.717, 1.165) is 17.8 Å². The first-order chi connectivity index (χ1) is 19.4. The molecule has 0 spiro atoms. The summed E-state index contributed by atoms with van der Waals surface area (Å²) in [6.07, 6.45) is 24.6. The van der Waals surface area contributed by atoms with Gasteiger partial charge in [-0.3, -0.25) is 0 Å². The number of rotatable bonds is 9. The first kappa shape index (κ1) is 36.7. The zero-order valence-electron chi connectivity index (χ0n) is 30.4. The van der Waals surface area contributed by atoms with E-state index in [-0.39, 0.29) is 0 Å². The van der Waals surface area contributed by atoms with Gasteiger partial charge in [-0.1, -0.05) is 108 Å². The molecule has 2 unspecified atom stereocenters. The van der Waals surface area contributed by atoms with Crippen molar-refractivity contribution in [2.24, 2.45) is 50.2 Å². The second-order valence-electron chi connectivity index (χ2n) is 16.0. The van der Waals surface area contributed by atoms with E-state index < -0.39 is 0 Å². The van der Waals surface area contributed by atoms with Gasteiger partial charge in [0.2, 0.25) is 0 Å². The highest BCUT2D eigenvalue weighted by Crippen LogP contribution is 2.82. The second kappa shape index (κ2) is 14.1. The van der Waals surface area contributed by atoms with Crippen LogP contribution in [0.15, 0.2) is 25.3 Å². The Balaban J connectivity index is 0.00000141. The third kappa shape index (κ3) is 5.39. The number of fused-ring (bicyclic) bond motifs is 5. The number of hydrogen-bond donors (Lipinski definition) is 0. The van der Waals surface area contributed by atoms with Crippen molar-refractivity contribution in [3.8, 4) is 0 Å². The highest BCUT2D eigenvalue weighted by molar-refractivity contribution is 5.26. The molecule has 0 nitrogen and oxygen atoms in total. The minimum absolute atomic E-state index is 0.458. The predicted molar refractivity (Wildman–Crippen MR) is 186 cm³/mol. The lowest BCUT2D eigenvalue weighted by Crippen LogP contribution is -2.67. The third-order valence-corrected chi connectivity index (χ3v) is 14.8. The summed E-state index contributed by atoms with van der Waals surface area (Å²) in [5.74, 6) is 2.40. The van der Waals surface area contributed by atoms with Gasteiger partial charge in [0.25, 0.3) is 0 Å². The first-order valence-electron chi connectivity index (χ1n) is 18.6. The zero-order chi connectivity index (χ0) is 31.3. The molecule has 240 valence electrons. The van der Waals surface area contributed by atoms with Crippen molar-refractivity contribution in [3.63, 3.8) is 0 Å². The summed E-state index contributed by atoms with van der Waals surface area (Å²) in [7, 11) is 0. The van der Waals surface area contributed by atoms with E-state index in [1.54, 1.807) is 5.57 Å². The van der Waals surface area contributed by atoms with E-state index in [1.807, 2.05) is 13.8 Å². The van der Waals surface area contributed by atoms with Crippen LogP contribution < -0.4 is 0 Å². The van der Waals surface area contributed by atoms with Crippen molar-refractivity contribution in [1.29, 1.82) is 0 Å². The Hall–Kier alpha value is -0.520. The molecule has 0 aliphatic heterocycles. The summed E-state index contributed by atoms with van der Waals surface area (Å²) in [6, 6.07) is 0. The molecule has 0 heterocycles. The van der Waals surface area contributed by atoms with Gasteiger partial charge in [-0.25, -0.2) is 0 Å². The Morgan fingerprint density at radius 3 is 1.90 bits per heavy atom. The fraction of sp³-hybridized carbons (Fsp3) is 0.902. The van der Waals surface area contributed by atoms with Gasteiger partial charge in [-0.15, -0.1) is 13.2 Å². The van der Waals surface area contributed by atoms with Crippen LogP contribution in [-0.2, 0) is 0 Å². The predicted octanol–water partition coefficient (Wildman–Crippen LogP) is 14.0. The van der Waals surface area contributed by atoms with Gasteiger partial charge in [0.15, 0.2) is 0 Å². The van der Waals surface area contributed by atoms with Gasteiger partial charge in [0, 0.05) is 0 Å². The highest BCUT2D eigenvalue weighted by Gasteiger charge is 2.74. The lowest BCUT2D eigenvalue weighted by atomic mass is 9.30. The van der Waals surface area contributed by atoms with Crippen LogP contribution in [0.5, 0.6) is 0 Å². The average Bonchev–Trinajstić information content (AvgIpc) is 3.21. The molecule has 4 aliphatic rings. The number of allylic oxidation sites excluding steroid dienone is 1. The zero-order valence-corrected chi connectivity index (χ0v) is 30.4. The van der Waals surface area contributed by atoms with E-state index in [0.29, 0.717) is 32.5 Å². The quantitative estimate of drug-likeness (QED) is 0.243. The summed E-state index contributed by atoms with van der Waals surface area (Å²) in [5, 5.41) is 0. The largest absolute Gasteiger partial charge is 0.106 e. The first-order valence-corrected chi connectivity index (χ1v) is 18.6. The maximum absolute atomic E-state index is 4.79. The summed E-state index contributed by atoms with van der Waals surface area (Å²) < 4.78 is 0. The van der Waals surface area contributed by atoms with Crippen LogP contribution in [0, 0.1) is 50.2 Å². The van der Waals surface area contributed by atoms with Gasteiger partial charge >= 0.3 is 0 Å². The Labute approximate surface area is 260 Å². The van der Waals surface area contributed by atoms with Crippen LogP contribution >= 0.6 is 0 Å². The monoisotopic (exact) mass is 569 g/mol. The Kier molecular flexibility index (Phi) is 12.6. The molecule has 0 saturated heterocycles. The highest BCUT2D eigenvalue weighted by atomic mass is 14.8. The van der Waals surface area contributed by atoms with Gasteiger partial charge in [-0.2, -0.15) is 0 Å². The molecule has 0 amide bonds. The average molecular weight is 569 g/mol. The maximum Gasteiger partial charge on any atom is -0.0146 e. The molecule has 0 aromatic rings. The molecule has 41 heavy (non-hydrogen) atoms. The van der Waals surface area contributed by atoms with Crippen molar-refractivity contribution in [3.05, 3.63) is 25.3 Å². The maximum atomic E-state index is 4.79. The fourth-order valence-electron chi connectivity index (χ4n) is 13.4. The van der Waals surface area contributed by atoms with Gasteiger partial charge < -0.3 is 0 Å². The van der Waals surface area contributed by atoms with Crippen LogP contribution in [0.1, 0.15) is 185 Å². The van der Waals surface area contributed by atoms with Crippen LogP contribution in [0.2, 0.25) is 0 Å². The topological polar surface area (TPSA) is 0 Å². The van der Waals surface area contributed by atoms with Gasteiger partial charge in [-0.05, 0) is 140 Å². The minimum atomic E-state index is 0.458. The molecule has 8 atom stereocenters. The SMILES string of the molecule is C=C.C=C(CC(C)C)[C@H]1CC[C@@]2(CC)[C@@H]3CCC4(CCC)C[C@](C)(CC)CCCC4(CC)[C@@]3(CC)CC[C@]12C.CC. The molecule has 0 radical (unpaired) electrons.